The molecular formula is C24H23N3O8S. The quantitative estimate of drug-likeness (QED) is 0.238. The SMILES string of the molecule is COc1cc(NC(=O)COC(=O)c2cccc(S(=O)(=O)NCc3ccccc3)c2)c(C)cc1[N+](=O)[O-]. The first-order valence-electron chi connectivity index (χ1n) is 10.5. The van der Waals surface area contributed by atoms with Crippen LogP contribution in [-0.2, 0) is 26.1 Å². The van der Waals surface area contributed by atoms with E-state index in [0.29, 0.717) is 5.56 Å². The first kappa shape index (κ1) is 26.3. The molecule has 0 fully saturated rings. The van der Waals surface area contributed by atoms with Crippen LogP contribution < -0.4 is 14.8 Å². The number of rotatable bonds is 10. The van der Waals surface area contributed by atoms with Gasteiger partial charge in [0.1, 0.15) is 0 Å². The fraction of sp³-hybridized carbons (Fsp3) is 0.167. The summed E-state index contributed by atoms with van der Waals surface area (Å²) in [5.74, 6) is -1.64. The van der Waals surface area contributed by atoms with Gasteiger partial charge in [-0.3, -0.25) is 14.9 Å². The van der Waals surface area contributed by atoms with E-state index in [2.05, 4.69) is 10.0 Å². The van der Waals surface area contributed by atoms with Crippen LogP contribution in [0.4, 0.5) is 11.4 Å². The minimum Gasteiger partial charge on any atom is -0.490 e. The maximum Gasteiger partial charge on any atom is 0.338 e. The Morgan fingerprint density at radius 2 is 1.75 bits per heavy atom. The third-order valence-corrected chi connectivity index (χ3v) is 6.42. The third kappa shape index (κ3) is 6.64. The number of sulfonamides is 1. The molecule has 0 aliphatic carbocycles. The molecule has 36 heavy (non-hydrogen) atoms. The number of esters is 1. The number of methoxy groups -OCH3 is 1. The molecule has 11 nitrogen and oxygen atoms in total. The largest absolute Gasteiger partial charge is 0.490 e. The number of nitro groups is 1. The molecule has 0 aliphatic heterocycles. The molecule has 0 bridgehead atoms. The minimum absolute atomic E-state index is 0.0446. The van der Waals surface area contributed by atoms with Gasteiger partial charge in [-0.2, -0.15) is 0 Å². The molecule has 0 heterocycles. The molecule has 0 saturated heterocycles. The van der Waals surface area contributed by atoms with Gasteiger partial charge in [0.25, 0.3) is 5.91 Å². The van der Waals surface area contributed by atoms with Gasteiger partial charge in [-0.05, 0) is 36.2 Å². The van der Waals surface area contributed by atoms with E-state index in [-0.39, 0.29) is 34.1 Å². The van der Waals surface area contributed by atoms with Gasteiger partial charge in [0, 0.05) is 24.4 Å². The summed E-state index contributed by atoms with van der Waals surface area (Å²) in [6.07, 6.45) is 0. The molecule has 3 aromatic rings. The third-order valence-electron chi connectivity index (χ3n) is 5.02. The van der Waals surface area contributed by atoms with Crippen LogP contribution in [0, 0.1) is 17.0 Å². The lowest BCUT2D eigenvalue weighted by molar-refractivity contribution is -0.385. The van der Waals surface area contributed by atoms with E-state index in [9.17, 15) is 28.1 Å². The van der Waals surface area contributed by atoms with Gasteiger partial charge in [-0.1, -0.05) is 36.4 Å². The Kier molecular flexibility index (Phi) is 8.35. The molecule has 0 atom stereocenters. The number of amides is 1. The summed E-state index contributed by atoms with van der Waals surface area (Å²) in [6, 6.07) is 16.7. The number of nitro benzene ring substituents is 1. The number of nitrogens with zero attached hydrogens (tertiary/aromatic N) is 1. The summed E-state index contributed by atoms with van der Waals surface area (Å²) in [4.78, 5) is 35.1. The maximum atomic E-state index is 12.6. The number of carbonyl (C=O) groups is 2. The normalized spacial score (nSPS) is 10.9. The fourth-order valence-corrected chi connectivity index (χ4v) is 4.23. The molecule has 0 aliphatic rings. The Morgan fingerprint density at radius 3 is 2.42 bits per heavy atom. The molecule has 3 aromatic carbocycles. The lowest BCUT2D eigenvalue weighted by atomic mass is 10.1. The monoisotopic (exact) mass is 513 g/mol. The summed E-state index contributed by atoms with van der Waals surface area (Å²) in [7, 11) is -2.64. The number of hydrogen-bond acceptors (Lipinski definition) is 8. The van der Waals surface area contributed by atoms with E-state index >= 15 is 0 Å². The van der Waals surface area contributed by atoms with E-state index in [1.54, 1.807) is 31.2 Å². The summed E-state index contributed by atoms with van der Waals surface area (Å²) in [6.45, 7) is 0.970. The molecule has 0 radical (unpaired) electrons. The van der Waals surface area contributed by atoms with Crippen molar-refractivity contribution in [1.29, 1.82) is 0 Å². The number of hydrogen-bond donors (Lipinski definition) is 2. The van der Waals surface area contributed by atoms with Crippen LogP contribution in [0.25, 0.3) is 0 Å². The van der Waals surface area contributed by atoms with Crippen molar-refractivity contribution in [1.82, 2.24) is 4.72 Å². The van der Waals surface area contributed by atoms with Crippen LogP contribution >= 0.6 is 0 Å². The van der Waals surface area contributed by atoms with Crippen molar-refractivity contribution < 1.29 is 32.4 Å². The van der Waals surface area contributed by atoms with Crippen LogP contribution in [0.3, 0.4) is 0 Å². The summed E-state index contributed by atoms with van der Waals surface area (Å²) >= 11 is 0. The first-order chi connectivity index (χ1) is 17.1. The van der Waals surface area contributed by atoms with E-state index < -0.39 is 33.4 Å². The first-order valence-corrected chi connectivity index (χ1v) is 12.0. The number of anilines is 1. The summed E-state index contributed by atoms with van der Waals surface area (Å²) < 4.78 is 37.7. The zero-order valence-corrected chi connectivity index (χ0v) is 20.2. The lowest BCUT2D eigenvalue weighted by Crippen LogP contribution is -2.24. The number of nitrogens with one attached hydrogen (secondary N) is 2. The van der Waals surface area contributed by atoms with Crippen LogP contribution in [0.1, 0.15) is 21.5 Å². The zero-order valence-electron chi connectivity index (χ0n) is 19.4. The van der Waals surface area contributed by atoms with E-state index in [1.165, 1.54) is 37.4 Å². The number of benzene rings is 3. The Bertz CT molecular complexity index is 1390. The van der Waals surface area contributed by atoms with Gasteiger partial charge in [-0.25, -0.2) is 17.9 Å². The second-order valence-electron chi connectivity index (χ2n) is 7.56. The van der Waals surface area contributed by atoms with Crippen LogP contribution in [0.2, 0.25) is 0 Å². The van der Waals surface area contributed by atoms with E-state index in [0.717, 1.165) is 11.6 Å². The van der Waals surface area contributed by atoms with Crippen molar-refractivity contribution in [2.24, 2.45) is 0 Å². The molecule has 0 aromatic heterocycles. The molecule has 188 valence electrons. The number of carbonyl (C=O) groups excluding carboxylic acids is 2. The fourth-order valence-electron chi connectivity index (χ4n) is 3.16. The Balaban J connectivity index is 1.63. The van der Waals surface area contributed by atoms with Gasteiger partial charge < -0.3 is 14.8 Å². The summed E-state index contributed by atoms with van der Waals surface area (Å²) in [5.41, 5.74) is 1.11. The Morgan fingerprint density at radius 1 is 1.03 bits per heavy atom. The topological polar surface area (TPSA) is 154 Å². The molecule has 3 rings (SSSR count). The Labute approximate surface area is 207 Å². The molecule has 2 N–H and O–H groups in total. The van der Waals surface area contributed by atoms with Crippen molar-refractivity contribution in [3.63, 3.8) is 0 Å². The van der Waals surface area contributed by atoms with E-state index in [4.69, 9.17) is 9.47 Å². The van der Waals surface area contributed by atoms with E-state index in [1.807, 2.05) is 6.07 Å². The van der Waals surface area contributed by atoms with Gasteiger partial charge in [0.2, 0.25) is 10.0 Å². The van der Waals surface area contributed by atoms with Crippen LogP contribution in [0.15, 0.2) is 71.6 Å². The van der Waals surface area contributed by atoms with Crippen molar-refractivity contribution in [2.45, 2.75) is 18.4 Å². The van der Waals surface area contributed by atoms with Crippen molar-refractivity contribution in [3.8, 4) is 5.75 Å². The highest BCUT2D eigenvalue weighted by atomic mass is 32.2. The average molecular weight is 514 g/mol. The molecule has 1 amide bonds. The minimum atomic E-state index is -3.90. The standard InChI is InChI=1S/C24H23N3O8S/c1-16-11-21(27(30)31)22(34-2)13-20(16)26-23(28)15-35-24(29)18-9-6-10-19(12-18)36(32,33)25-14-17-7-4-3-5-8-17/h3-13,25H,14-15H2,1-2H3,(H,26,28). The summed E-state index contributed by atoms with van der Waals surface area (Å²) in [5, 5.41) is 13.6. The molecule has 0 spiro atoms. The molecule has 0 unspecified atom stereocenters. The van der Waals surface area contributed by atoms with Gasteiger partial charge in [0.05, 0.1) is 22.5 Å². The highest BCUT2D eigenvalue weighted by Gasteiger charge is 2.20. The van der Waals surface area contributed by atoms with Crippen molar-refractivity contribution in [2.75, 3.05) is 19.0 Å². The second-order valence-corrected chi connectivity index (χ2v) is 9.33. The molecule has 12 heteroatoms. The van der Waals surface area contributed by atoms with Gasteiger partial charge >= 0.3 is 11.7 Å². The van der Waals surface area contributed by atoms with Gasteiger partial charge in [0.15, 0.2) is 12.4 Å². The average Bonchev–Trinajstić information content (AvgIpc) is 2.87. The predicted octanol–water partition coefficient (Wildman–Crippen LogP) is 3.19. The number of aryl methyl sites for hydroxylation is 1. The number of ether oxygens (including phenoxy) is 2. The maximum absolute atomic E-state index is 12.6. The highest BCUT2D eigenvalue weighted by molar-refractivity contribution is 7.89. The van der Waals surface area contributed by atoms with Crippen LogP contribution in [-0.4, -0.2) is 38.9 Å². The van der Waals surface area contributed by atoms with Crippen molar-refractivity contribution >= 4 is 33.3 Å². The smallest absolute Gasteiger partial charge is 0.338 e. The Hall–Kier alpha value is -4.29. The predicted molar refractivity (Wildman–Crippen MR) is 130 cm³/mol. The molecular weight excluding hydrogens is 490 g/mol. The van der Waals surface area contributed by atoms with Crippen molar-refractivity contribution in [3.05, 3.63) is 93.5 Å². The second kappa shape index (κ2) is 11.4. The van der Waals surface area contributed by atoms with Crippen LogP contribution in [0.5, 0.6) is 5.75 Å². The lowest BCUT2D eigenvalue weighted by Gasteiger charge is -2.11. The highest BCUT2D eigenvalue weighted by Crippen LogP contribution is 2.32. The van der Waals surface area contributed by atoms with Gasteiger partial charge in [-0.15, -0.1) is 0 Å². The molecule has 0 saturated carbocycles. The zero-order chi connectivity index (χ0) is 26.3.